The van der Waals surface area contributed by atoms with Crippen LogP contribution in [0, 0.1) is 20.8 Å². The van der Waals surface area contributed by atoms with E-state index >= 15 is 0 Å². The van der Waals surface area contributed by atoms with Crippen molar-refractivity contribution in [3.05, 3.63) is 100 Å². The molecular weight excluding hydrogens is 372 g/mol. The van der Waals surface area contributed by atoms with E-state index in [0.29, 0.717) is 6.54 Å². The monoisotopic (exact) mass is 398 g/mol. The van der Waals surface area contributed by atoms with Crippen molar-refractivity contribution in [1.82, 2.24) is 4.90 Å². The number of aryl methyl sites for hydroxylation is 2. The number of hydrogen-bond acceptors (Lipinski definition) is 2. The molecule has 4 nitrogen and oxygen atoms in total. The molecule has 0 saturated carbocycles. The molecule has 0 bridgehead atoms. The Morgan fingerprint density at radius 2 is 1.70 bits per heavy atom. The molecule has 2 amide bonds. The van der Waals surface area contributed by atoms with E-state index in [9.17, 15) is 9.59 Å². The predicted octanol–water partition coefficient (Wildman–Crippen LogP) is 5.34. The Hall–Kier alpha value is -3.40. The first-order valence-electron chi connectivity index (χ1n) is 10.3. The molecule has 30 heavy (non-hydrogen) atoms. The van der Waals surface area contributed by atoms with Crippen molar-refractivity contribution < 1.29 is 9.59 Å². The lowest BCUT2D eigenvalue weighted by molar-refractivity contribution is -0.117. The minimum Gasteiger partial charge on any atom is -0.327 e. The van der Waals surface area contributed by atoms with E-state index < -0.39 is 0 Å². The number of fused-ring (bicyclic) bond motifs is 1. The van der Waals surface area contributed by atoms with Gasteiger partial charge in [-0.2, -0.15) is 0 Å². The molecule has 3 aromatic rings. The summed E-state index contributed by atoms with van der Waals surface area (Å²) >= 11 is 0. The molecule has 1 heterocycles. The number of amides is 2. The number of benzene rings is 3. The van der Waals surface area contributed by atoms with Crippen molar-refractivity contribution >= 4 is 17.5 Å². The van der Waals surface area contributed by atoms with Crippen LogP contribution in [0.15, 0.2) is 66.7 Å². The van der Waals surface area contributed by atoms with Gasteiger partial charge in [-0.1, -0.05) is 60.2 Å². The lowest BCUT2D eigenvalue weighted by atomic mass is 10.00. The molecule has 0 aliphatic carbocycles. The van der Waals surface area contributed by atoms with Gasteiger partial charge in [0.05, 0.1) is 12.5 Å². The highest BCUT2D eigenvalue weighted by atomic mass is 16.2. The highest BCUT2D eigenvalue weighted by Crippen LogP contribution is 2.34. The second kappa shape index (κ2) is 8.15. The number of rotatable bonds is 5. The molecule has 152 valence electrons. The molecule has 0 fully saturated rings. The molecule has 0 saturated heterocycles. The fourth-order valence-corrected chi connectivity index (χ4v) is 3.99. The maximum atomic E-state index is 13.1. The molecule has 1 atom stereocenters. The number of hydrogen-bond donors (Lipinski definition) is 1. The molecule has 0 spiro atoms. The van der Waals surface area contributed by atoms with Crippen molar-refractivity contribution in [3.63, 3.8) is 0 Å². The Labute approximate surface area is 177 Å². The van der Waals surface area contributed by atoms with Crippen molar-refractivity contribution in [2.75, 3.05) is 5.32 Å². The van der Waals surface area contributed by atoms with Crippen LogP contribution in [0.25, 0.3) is 0 Å². The SMILES string of the molecule is Cc1ccc([C@H](CC(=O)Nc2cccc(C)c2C)N2Cc3ccccc3C2=O)cc1. The van der Waals surface area contributed by atoms with Crippen LogP contribution in [-0.4, -0.2) is 16.7 Å². The minimum atomic E-state index is -0.324. The van der Waals surface area contributed by atoms with Crippen LogP contribution in [0.5, 0.6) is 0 Å². The highest BCUT2D eigenvalue weighted by Gasteiger charge is 2.34. The summed E-state index contributed by atoms with van der Waals surface area (Å²) in [6.45, 7) is 6.58. The van der Waals surface area contributed by atoms with Gasteiger partial charge in [0.15, 0.2) is 0 Å². The molecule has 0 radical (unpaired) electrons. The molecular formula is C26H26N2O2. The first-order chi connectivity index (χ1) is 14.4. The van der Waals surface area contributed by atoms with E-state index in [1.807, 2.05) is 92.4 Å². The molecule has 1 N–H and O–H groups in total. The summed E-state index contributed by atoms with van der Waals surface area (Å²) in [5.74, 6) is -0.117. The van der Waals surface area contributed by atoms with Gasteiger partial charge in [-0.15, -0.1) is 0 Å². The fourth-order valence-electron chi connectivity index (χ4n) is 3.99. The average Bonchev–Trinajstić information content (AvgIpc) is 3.07. The van der Waals surface area contributed by atoms with E-state index in [1.165, 1.54) is 0 Å². The van der Waals surface area contributed by atoms with E-state index in [2.05, 4.69) is 5.32 Å². The minimum absolute atomic E-state index is 0.0179. The van der Waals surface area contributed by atoms with E-state index in [1.54, 1.807) is 0 Å². The fraction of sp³-hybridized carbons (Fsp3) is 0.231. The molecule has 1 aliphatic rings. The number of carbonyl (C=O) groups is 2. The molecule has 0 unspecified atom stereocenters. The van der Waals surface area contributed by atoms with Gasteiger partial charge >= 0.3 is 0 Å². The van der Waals surface area contributed by atoms with Crippen LogP contribution in [-0.2, 0) is 11.3 Å². The Morgan fingerprint density at radius 1 is 0.967 bits per heavy atom. The summed E-state index contributed by atoms with van der Waals surface area (Å²) in [6.07, 6.45) is 0.205. The molecule has 4 heteroatoms. The lowest BCUT2D eigenvalue weighted by Gasteiger charge is -2.28. The topological polar surface area (TPSA) is 49.4 Å². The Balaban J connectivity index is 1.62. The molecule has 3 aromatic carbocycles. The third-order valence-electron chi connectivity index (χ3n) is 5.95. The second-order valence-corrected chi connectivity index (χ2v) is 8.02. The van der Waals surface area contributed by atoms with Crippen molar-refractivity contribution in [1.29, 1.82) is 0 Å². The van der Waals surface area contributed by atoms with E-state index in [-0.39, 0.29) is 24.3 Å². The van der Waals surface area contributed by atoms with Gasteiger partial charge in [0.2, 0.25) is 5.91 Å². The van der Waals surface area contributed by atoms with Gasteiger partial charge < -0.3 is 10.2 Å². The maximum absolute atomic E-state index is 13.1. The number of anilines is 1. The van der Waals surface area contributed by atoms with Crippen LogP contribution in [0.1, 0.15) is 50.6 Å². The normalized spacial score (nSPS) is 13.8. The number of nitrogens with zero attached hydrogens (tertiary/aromatic N) is 1. The van der Waals surface area contributed by atoms with Crippen molar-refractivity contribution in [2.24, 2.45) is 0 Å². The van der Waals surface area contributed by atoms with Gasteiger partial charge in [0, 0.05) is 17.8 Å². The smallest absolute Gasteiger partial charge is 0.255 e. The number of nitrogens with one attached hydrogen (secondary N) is 1. The molecule has 1 aliphatic heterocycles. The van der Waals surface area contributed by atoms with Gasteiger partial charge in [-0.25, -0.2) is 0 Å². The molecule has 4 rings (SSSR count). The van der Waals surface area contributed by atoms with Gasteiger partial charge in [0.1, 0.15) is 0 Å². The van der Waals surface area contributed by atoms with Crippen molar-refractivity contribution in [3.8, 4) is 0 Å². The lowest BCUT2D eigenvalue weighted by Crippen LogP contribution is -2.32. The summed E-state index contributed by atoms with van der Waals surface area (Å²) in [6, 6.07) is 21.3. The summed E-state index contributed by atoms with van der Waals surface area (Å²) in [5.41, 5.74) is 6.86. The molecule has 0 aromatic heterocycles. The standard InChI is InChI=1S/C26H26N2O2/c1-17-11-13-20(14-12-17)24(28-16-21-8-4-5-9-22(21)26(28)30)15-25(29)27-23-10-6-7-18(2)19(23)3/h4-14,24H,15-16H2,1-3H3,(H,27,29)/t24-/m0/s1. The van der Waals surface area contributed by atoms with E-state index in [0.717, 1.165) is 39.1 Å². The zero-order valence-electron chi connectivity index (χ0n) is 17.6. The van der Waals surface area contributed by atoms with Crippen molar-refractivity contribution in [2.45, 2.75) is 39.8 Å². The highest BCUT2D eigenvalue weighted by molar-refractivity contribution is 5.99. The Kier molecular flexibility index (Phi) is 5.40. The van der Waals surface area contributed by atoms with Gasteiger partial charge in [-0.05, 0) is 55.2 Å². The van der Waals surface area contributed by atoms with E-state index in [4.69, 9.17) is 0 Å². The van der Waals surface area contributed by atoms with Crippen LogP contribution < -0.4 is 5.32 Å². The number of carbonyl (C=O) groups excluding carboxylic acids is 2. The zero-order valence-corrected chi connectivity index (χ0v) is 17.6. The first kappa shape index (κ1) is 19.9. The summed E-state index contributed by atoms with van der Waals surface area (Å²) in [5, 5.41) is 3.05. The second-order valence-electron chi connectivity index (χ2n) is 8.02. The van der Waals surface area contributed by atoms with Crippen LogP contribution in [0.4, 0.5) is 5.69 Å². The largest absolute Gasteiger partial charge is 0.327 e. The summed E-state index contributed by atoms with van der Waals surface area (Å²) in [7, 11) is 0. The van der Waals surface area contributed by atoms with Crippen LogP contribution >= 0.6 is 0 Å². The summed E-state index contributed by atoms with van der Waals surface area (Å²) in [4.78, 5) is 27.9. The van der Waals surface area contributed by atoms with Crippen LogP contribution in [0.2, 0.25) is 0 Å². The Morgan fingerprint density at radius 3 is 2.43 bits per heavy atom. The quantitative estimate of drug-likeness (QED) is 0.631. The van der Waals surface area contributed by atoms with Crippen LogP contribution in [0.3, 0.4) is 0 Å². The third kappa shape index (κ3) is 3.86. The first-order valence-corrected chi connectivity index (χ1v) is 10.3. The summed E-state index contributed by atoms with van der Waals surface area (Å²) < 4.78 is 0. The van der Waals surface area contributed by atoms with Gasteiger partial charge in [0.25, 0.3) is 5.91 Å². The van der Waals surface area contributed by atoms with Gasteiger partial charge in [-0.3, -0.25) is 9.59 Å². The predicted molar refractivity (Wildman–Crippen MR) is 119 cm³/mol. The Bertz CT molecular complexity index is 1100. The average molecular weight is 399 g/mol. The maximum Gasteiger partial charge on any atom is 0.255 e. The third-order valence-corrected chi connectivity index (χ3v) is 5.95. The zero-order chi connectivity index (χ0) is 21.3.